The van der Waals surface area contributed by atoms with Gasteiger partial charge >= 0.3 is 5.97 Å². The van der Waals surface area contributed by atoms with Crippen LogP contribution in [0.2, 0.25) is 0 Å². The van der Waals surface area contributed by atoms with Crippen LogP contribution in [0, 0.1) is 0 Å². The fraction of sp³-hybridized carbons (Fsp3) is 0.500. The van der Waals surface area contributed by atoms with Crippen LogP contribution in [0.1, 0.15) is 6.42 Å². The van der Waals surface area contributed by atoms with Crippen molar-refractivity contribution in [2.45, 2.75) is 6.42 Å². The van der Waals surface area contributed by atoms with Gasteiger partial charge in [0.25, 0.3) is 0 Å². The Morgan fingerprint density at radius 2 is 2.30 bits per heavy atom. The summed E-state index contributed by atoms with van der Waals surface area (Å²) >= 11 is 0. The van der Waals surface area contributed by atoms with Crippen molar-refractivity contribution >= 4 is 18.4 Å². The van der Waals surface area contributed by atoms with E-state index in [-0.39, 0.29) is 18.4 Å². The largest absolute Gasteiger partial charge is 0.466 e. The van der Waals surface area contributed by atoms with Crippen molar-refractivity contribution in [1.29, 1.82) is 0 Å². The van der Waals surface area contributed by atoms with E-state index in [0.29, 0.717) is 6.54 Å². The van der Waals surface area contributed by atoms with E-state index >= 15 is 0 Å². The average molecular weight is 166 g/mol. The molecule has 0 aliphatic heterocycles. The summed E-state index contributed by atoms with van der Waals surface area (Å²) in [5.41, 5.74) is 5.15. The standard InChI is InChI=1S/C6H11NO2.ClH/c1-9-6(8)4-2-3-5-7;/h2,4H,3,5,7H2,1H3;1H/b4-2+;. The smallest absolute Gasteiger partial charge is 0.330 e. The molecule has 0 aromatic rings. The van der Waals surface area contributed by atoms with Crippen LogP contribution >= 0.6 is 12.4 Å². The number of ether oxygens (including phenoxy) is 1. The Hall–Kier alpha value is -0.540. The molecule has 0 atom stereocenters. The second-order valence-electron chi connectivity index (χ2n) is 1.50. The molecule has 0 saturated heterocycles. The maximum Gasteiger partial charge on any atom is 0.330 e. The average Bonchev–Trinajstić information content (AvgIpc) is 1.89. The maximum atomic E-state index is 10.3. The quantitative estimate of drug-likeness (QED) is 0.489. The van der Waals surface area contributed by atoms with E-state index in [2.05, 4.69) is 4.74 Å². The molecule has 0 radical (unpaired) electrons. The maximum absolute atomic E-state index is 10.3. The number of nitrogens with two attached hydrogens (primary N) is 1. The number of esters is 1. The monoisotopic (exact) mass is 165 g/mol. The normalized spacial score (nSPS) is 9.00. The van der Waals surface area contributed by atoms with Crippen molar-refractivity contribution in [3.63, 3.8) is 0 Å². The zero-order chi connectivity index (χ0) is 7.11. The molecule has 0 aliphatic rings. The van der Waals surface area contributed by atoms with Crippen molar-refractivity contribution < 1.29 is 9.53 Å². The molecule has 0 fully saturated rings. The van der Waals surface area contributed by atoms with E-state index in [9.17, 15) is 4.79 Å². The summed E-state index contributed by atoms with van der Waals surface area (Å²) < 4.78 is 4.33. The van der Waals surface area contributed by atoms with Crippen LogP contribution in [0.3, 0.4) is 0 Å². The minimum Gasteiger partial charge on any atom is -0.466 e. The van der Waals surface area contributed by atoms with Gasteiger partial charge in [-0.2, -0.15) is 0 Å². The van der Waals surface area contributed by atoms with E-state index in [0.717, 1.165) is 6.42 Å². The highest BCUT2D eigenvalue weighted by molar-refractivity contribution is 5.85. The van der Waals surface area contributed by atoms with E-state index in [1.807, 2.05) is 0 Å². The van der Waals surface area contributed by atoms with Crippen LogP contribution in [0.15, 0.2) is 12.2 Å². The number of hydrogen-bond acceptors (Lipinski definition) is 3. The van der Waals surface area contributed by atoms with Crippen LogP contribution in [0.4, 0.5) is 0 Å². The molecule has 60 valence electrons. The van der Waals surface area contributed by atoms with Gasteiger partial charge in [0.05, 0.1) is 7.11 Å². The molecule has 3 nitrogen and oxygen atoms in total. The predicted molar refractivity (Wildman–Crippen MR) is 42.1 cm³/mol. The van der Waals surface area contributed by atoms with Crippen molar-refractivity contribution in [3.05, 3.63) is 12.2 Å². The van der Waals surface area contributed by atoms with Crippen LogP contribution in [-0.4, -0.2) is 19.6 Å². The lowest BCUT2D eigenvalue weighted by Gasteiger charge is -1.87. The van der Waals surface area contributed by atoms with Crippen molar-refractivity contribution in [2.75, 3.05) is 13.7 Å². The van der Waals surface area contributed by atoms with Gasteiger partial charge in [0.2, 0.25) is 0 Å². The Morgan fingerprint density at radius 1 is 1.70 bits per heavy atom. The van der Waals surface area contributed by atoms with Gasteiger partial charge in [-0.25, -0.2) is 4.79 Å². The Kier molecular flexibility index (Phi) is 10.3. The molecule has 0 aromatic heterocycles. The topological polar surface area (TPSA) is 52.3 Å². The summed E-state index contributed by atoms with van der Waals surface area (Å²) in [5, 5.41) is 0. The van der Waals surface area contributed by atoms with Gasteiger partial charge in [-0.1, -0.05) is 6.08 Å². The highest BCUT2D eigenvalue weighted by atomic mass is 35.5. The minimum absolute atomic E-state index is 0. The first-order valence-corrected chi connectivity index (χ1v) is 2.76. The number of halogens is 1. The molecule has 0 rings (SSSR count). The van der Waals surface area contributed by atoms with Crippen LogP contribution in [0.5, 0.6) is 0 Å². The fourth-order valence-electron chi connectivity index (χ4n) is 0.344. The highest BCUT2D eigenvalue weighted by Crippen LogP contribution is 1.80. The van der Waals surface area contributed by atoms with Gasteiger partial charge in [-0.3, -0.25) is 0 Å². The van der Waals surface area contributed by atoms with Gasteiger partial charge in [0, 0.05) is 6.08 Å². The summed E-state index contributed by atoms with van der Waals surface area (Å²) in [6.45, 7) is 0.563. The summed E-state index contributed by atoms with van der Waals surface area (Å²) in [7, 11) is 1.34. The number of methoxy groups -OCH3 is 1. The van der Waals surface area contributed by atoms with Gasteiger partial charge in [0.1, 0.15) is 0 Å². The Morgan fingerprint density at radius 3 is 2.70 bits per heavy atom. The van der Waals surface area contributed by atoms with E-state index in [1.54, 1.807) is 6.08 Å². The summed E-state index contributed by atoms with van der Waals surface area (Å²) in [4.78, 5) is 10.3. The van der Waals surface area contributed by atoms with Crippen molar-refractivity contribution in [3.8, 4) is 0 Å². The highest BCUT2D eigenvalue weighted by Gasteiger charge is 1.86. The van der Waals surface area contributed by atoms with Crippen LogP contribution in [0.25, 0.3) is 0 Å². The summed E-state index contributed by atoms with van der Waals surface area (Å²) in [6, 6.07) is 0. The van der Waals surface area contributed by atoms with Gasteiger partial charge in [0.15, 0.2) is 0 Å². The van der Waals surface area contributed by atoms with E-state index in [1.165, 1.54) is 13.2 Å². The molecule has 0 amide bonds. The van der Waals surface area contributed by atoms with E-state index in [4.69, 9.17) is 5.73 Å². The third kappa shape index (κ3) is 7.46. The number of carbonyl (C=O) groups is 1. The second kappa shape index (κ2) is 8.46. The van der Waals surface area contributed by atoms with E-state index < -0.39 is 0 Å². The van der Waals surface area contributed by atoms with Crippen molar-refractivity contribution in [1.82, 2.24) is 0 Å². The third-order valence-electron chi connectivity index (χ3n) is 0.788. The first-order chi connectivity index (χ1) is 4.31. The number of carbonyl (C=O) groups excluding carboxylic acids is 1. The molecule has 0 heterocycles. The first kappa shape index (κ1) is 12.2. The van der Waals surface area contributed by atoms with Gasteiger partial charge < -0.3 is 10.5 Å². The van der Waals surface area contributed by atoms with Crippen LogP contribution in [-0.2, 0) is 9.53 Å². The Bertz CT molecular complexity index is 114. The van der Waals surface area contributed by atoms with Crippen molar-refractivity contribution in [2.24, 2.45) is 5.73 Å². The van der Waals surface area contributed by atoms with Crippen LogP contribution < -0.4 is 5.73 Å². The molecule has 4 heteroatoms. The molecule has 10 heavy (non-hydrogen) atoms. The van der Waals surface area contributed by atoms with Gasteiger partial charge in [-0.05, 0) is 13.0 Å². The number of rotatable bonds is 3. The summed E-state index contributed by atoms with van der Waals surface area (Å²) in [5.74, 6) is -0.330. The Balaban J connectivity index is 0. The minimum atomic E-state index is -0.330. The van der Waals surface area contributed by atoms with Gasteiger partial charge in [-0.15, -0.1) is 12.4 Å². The molecule has 2 N–H and O–H groups in total. The molecule has 0 bridgehead atoms. The lowest BCUT2D eigenvalue weighted by atomic mass is 10.4. The molecule has 0 aromatic carbocycles. The first-order valence-electron chi connectivity index (χ1n) is 2.76. The third-order valence-corrected chi connectivity index (χ3v) is 0.788. The zero-order valence-corrected chi connectivity index (χ0v) is 6.69. The predicted octanol–water partition coefficient (Wildman–Crippen LogP) is 0.486. The lowest BCUT2D eigenvalue weighted by molar-refractivity contribution is -0.134. The summed E-state index contributed by atoms with van der Waals surface area (Å²) in [6.07, 6.45) is 3.77. The SMILES string of the molecule is COC(=O)/C=C/CCN.Cl. The fourth-order valence-corrected chi connectivity index (χ4v) is 0.344. The molecule has 0 unspecified atom stereocenters. The number of hydrogen-bond donors (Lipinski definition) is 1. The molecule has 0 saturated carbocycles. The Labute approximate surface area is 66.6 Å². The zero-order valence-electron chi connectivity index (χ0n) is 5.87. The molecular weight excluding hydrogens is 154 g/mol. The molecular formula is C6H12ClNO2. The lowest BCUT2D eigenvalue weighted by Crippen LogP contribution is -1.97. The molecule has 0 aliphatic carbocycles. The second-order valence-corrected chi connectivity index (χ2v) is 1.50. The molecule has 0 spiro atoms.